The number of piperazine rings is 1. The number of nitrogens with one attached hydrogen (secondary N) is 1. The lowest BCUT2D eigenvalue weighted by Crippen LogP contribution is -2.56. The van der Waals surface area contributed by atoms with Gasteiger partial charge in [-0.3, -0.25) is 4.90 Å². The zero-order chi connectivity index (χ0) is 12.3. The van der Waals surface area contributed by atoms with E-state index >= 15 is 0 Å². The molecule has 1 fully saturated rings. The van der Waals surface area contributed by atoms with Crippen LogP contribution in [0.3, 0.4) is 0 Å². The van der Waals surface area contributed by atoms with Gasteiger partial charge in [0.1, 0.15) is 0 Å². The third kappa shape index (κ3) is 2.96. The zero-order valence-electron chi connectivity index (χ0n) is 10.9. The monoisotopic (exact) mass is 230 g/mol. The Kier molecular flexibility index (Phi) is 3.65. The van der Waals surface area contributed by atoms with E-state index in [4.69, 9.17) is 0 Å². The molecule has 2 nitrogen and oxygen atoms in total. The molecule has 1 N–H and O–H groups in total. The predicted molar refractivity (Wildman–Crippen MR) is 73.1 cm³/mol. The van der Waals surface area contributed by atoms with Crippen LogP contribution < -0.4 is 5.32 Å². The molecule has 1 aliphatic rings. The summed E-state index contributed by atoms with van der Waals surface area (Å²) in [7, 11) is 0. The van der Waals surface area contributed by atoms with Gasteiger partial charge in [0, 0.05) is 26.2 Å². The van der Waals surface area contributed by atoms with Crippen molar-refractivity contribution in [2.45, 2.75) is 19.4 Å². The molecule has 0 amide bonds. The maximum absolute atomic E-state index is 4.01. The van der Waals surface area contributed by atoms with Crippen molar-refractivity contribution in [1.82, 2.24) is 10.2 Å². The molecule has 1 atom stereocenters. The van der Waals surface area contributed by atoms with Gasteiger partial charge in [0.25, 0.3) is 0 Å². The number of rotatable bonds is 3. The van der Waals surface area contributed by atoms with Crippen molar-refractivity contribution in [3.05, 3.63) is 48.0 Å². The minimum Gasteiger partial charge on any atom is -0.305 e. The summed E-state index contributed by atoms with van der Waals surface area (Å²) in [5.41, 5.74) is 2.67. The van der Waals surface area contributed by atoms with Crippen molar-refractivity contribution in [2.75, 3.05) is 26.2 Å². The lowest BCUT2D eigenvalue weighted by atomic mass is 9.89. The van der Waals surface area contributed by atoms with Crippen LogP contribution in [0.15, 0.2) is 42.5 Å². The Bertz CT molecular complexity index is 385. The molecule has 1 saturated heterocycles. The molecule has 0 radical (unpaired) electrons. The molecule has 0 aliphatic carbocycles. The van der Waals surface area contributed by atoms with Crippen LogP contribution in [0.1, 0.15) is 19.4 Å². The van der Waals surface area contributed by atoms with Gasteiger partial charge in [-0.2, -0.15) is 0 Å². The van der Waals surface area contributed by atoms with E-state index in [2.05, 4.69) is 61.0 Å². The molecule has 0 saturated carbocycles. The van der Waals surface area contributed by atoms with Crippen molar-refractivity contribution < 1.29 is 0 Å². The highest BCUT2D eigenvalue weighted by molar-refractivity contribution is 5.25. The highest BCUT2D eigenvalue weighted by Gasteiger charge is 2.31. The van der Waals surface area contributed by atoms with E-state index in [1.54, 1.807) is 0 Å². The topological polar surface area (TPSA) is 15.3 Å². The largest absolute Gasteiger partial charge is 0.305 e. The van der Waals surface area contributed by atoms with Crippen LogP contribution in [-0.2, 0) is 5.54 Å². The fourth-order valence-corrected chi connectivity index (χ4v) is 2.59. The molecule has 17 heavy (non-hydrogen) atoms. The smallest absolute Gasteiger partial charge is 0.0535 e. The molecule has 0 bridgehead atoms. The summed E-state index contributed by atoms with van der Waals surface area (Å²) >= 11 is 0. The molecule has 1 unspecified atom stereocenters. The van der Waals surface area contributed by atoms with E-state index < -0.39 is 0 Å². The van der Waals surface area contributed by atoms with Gasteiger partial charge in [0.15, 0.2) is 0 Å². The molecule has 1 aliphatic heterocycles. The normalized spacial score (nSPS) is 25.8. The minimum atomic E-state index is 0.0644. The fraction of sp³-hybridized carbons (Fsp3) is 0.467. The highest BCUT2D eigenvalue weighted by Crippen LogP contribution is 2.24. The van der Waals surface area contributed by atoms with Crippen LogP contribution in [0.5, 0.6) is 0 Å². The molecule has 1 aromatic carbocycles. The van der Waals surface area contributed by atoms with Crippen LogP contribution in [0.2, 0.25) is 0 Å². The lowest BCUT2D eigenvalue weighted by Gasteiger charge is -2.42. The van der Waals surface area contributed by atoms with E-state index in [9.17, 15) is 0 Å². The summed E-state index contributed by atoms with van der Waals surface area (Å²) in [6.07, 6.45) is 0. The number of hydrogen-bond acceptors (Lipinski definition) is 2. The van der Waals surface area contributed by atoms with Crippen LogP contribution in [0.4, 0.5) is 0 Å². The van der Waals surface area contributed by atoms with Crippen LogP contribution >= 0.6 is 0 Å². The van der Waals surface area contributed by atoms with Gasteiger partial charge in [-0.25, -0.2) is 0 Å². The van der Waals surface area contributed by atoms with Crippen LogP contribution in [-0.4, -0.2) is 31.1 Å². The standard InChI is InChI=1S/C15H22N2/c1-13(2)11-17-10-9-16-15(3,12-17)14-7-5-4-6-8-14/h4-8,16H,1,9-12H2,2-3H3. The maximum Gasteiger partial charge on any atom is 0.0535 e. The van der Waals surface area contributed by atoms with Crippen molar-refractivity contribution in [3.8, 4) is 0 Å². The summed E-state index contributed by atoms with van der Waals surface area (Å²) in [6, 6.07) is 10.7. The van der Waals surface area contributed by atoms with E-state index in [1.165, 1.54) is 11.1 Å². The fourth-order valence-electron chi connectivity index (χ4n) is 2.59. The van der Waals surface area contributed by atoms with Gasteiger partial charge < -0.3 is 5.32 Å². The first kappa shape index (κ1) is 12.3. The Labute approximate surface area is 104 Å². The molecule has 92 valence electrons. The van der Waals surface area contributed by atoms with Gasteiger partial charge in [0.2, 0.25) is 0 Å². The predicted octanol–water partition coefficient (Wildman–Crippen LogP) is 2.38. The quantitative estimate of drug-likeness (QED) is 0.802. The van der Waals surface area contributed by atoms with E-state index in [-0.39, 0.29) is 5.54 Å². The number of hydrogen-bond donors (Lipinski definition) is 1. The first-order chi connectivity index (χ1) is 8.10. The first-order valence-electron chi connectivity index (χ1n) is 6.27. The molecular weight excluding hydrogens is 208 g/mol. The Hall–Kier alpha value is -1.12. The van der Waals surface area contributed by atoms with Gasteiger partial charge in [0.05, 0.1) is 5.54 Å². The number of nitrogens with zero attached hydrogens (tertiary/aromatic N) is 1. The minimum absolute atomic E-state index is 0.0644. The second-order valence-electron chi connectivity index (χ2n) is 5.29. The number of benzene rings is 1. The zero-order valence-corrected chi connectivity index (χ0v) is 10.9. The summed E-state index contributed by atoms with van der Waals surface area (Å²) in [4.78, 5) is 2.48. The summed E-state index contributed by atoms with van der Waals surface area (Å²) in [5, 5.41) is 3.64. The first-order valence-corrected chi connectivity index (χ1v) is 6.27. The average Bonchev–Trinajstić information content (AvgIpc) is 2.29. The maximum atomic E-state index is 4.01. The molecule has 1 aromatic rings. The molecule has 0 aromatic heterocycles. The van der Waals surface area contributed by atoms with Crippen molar-refractivity contribution in [3.63, 3.8) is 0 Å². The van der Waals surface area contributed by atoms with Crippen LogP contribution in [0, 0.1) is 0 Å². The van der Waals surface area contributed by atoms with E-state index in [1.807, 2.05) is 0 Å². The van der Waals surface area contributed by atoms with Crippen molar-refractivity contribution in [1.29, 1.82) is 0 Å². The Morgan fingerprint density at radius 3 is 2.76 bits per heavy atom. The van der Waals surface area contributed by atoms with Crippen molar-refractivity contribution >= 4 is 0 Å². The van der Waals surface area contributed by atoms with E-state index in [0.717, 1.165) is 26.2 Å². The SMILES string of the molecule is C=C(C)CN1CCNC(C)(c2ccccc2)C1. The Morgan fingerprint density at radius 1 is 1.41 bits per heavy atom. The molecular formula is C15H22N2. The Balaban J connectivity index is 2.12. The molecule has 0 spiro atoms. The summed E-state index contributed by atoms with van der Waals surface area (Å²) < 4.78 is 0. The average molecular weight is 230 g/mol. The summed E-state index contributed by atoms with van der Waals surface area (Å²) in [6.45, 7) is 12.6. The molecule has 2 heteroatoms. The second kappa shape index (κ2) is 5.03. The van der Waals surface area contributed by atoms with Crippen molar-refractivity contribution in [2.24, 2.45) is 0 Å². The third-order valence-corrected chi connectivity index (χ3v) is 3.39. The summed E-state index contributed by atoms with van der Waals surface area (Å²) in [5.74, 6) is 0. The highest BCUT2D eigenvalue weighted by atomic mass is 15.2. The van der Waals surface area contributed by atoms with Gasteiger partial charge in [-0.05, 0) is 19.4 Å². The lowest BCUT2D eigenvalue weighted by molar-refractivity contribution is 0.153. The second-order valence-corrected chi connectivity index (χ2v) is 5.29. The van der Waals surface area contributed by atoms with Gasteiger partial charge in [-0.15, -0.1) is 0 Å². The molecule has 1 heterocycles. The molecule has 2 rings (SSSR count). The van der Waals surface area contributed by atoms with Gasteiger partial charge >= 0.3 is 0 Å². The van der Waals surface area contributed by atoms with Crippen LogP contribution in [0.25, 0.3) is 0 Å². The van der Waals surface area contributed by atoms with Gasteiger partial charge in [-0.1, -0.05) is 42.5 Å². The Morgan fingerprint density at radius 2 is 2.12 bits per heavy atom. The van der Waals surface area contributed by atoms with E-state index in [0.29, 0.717) is 0 Å². The third-order valence-electron chi connectivity index (χ3n) is 3.39.